The van der Waals surface area contributed by atoms with Crippen molar-refractivity contribution in [3.05, 3.63) is 173 Å². The lowest BCUT2D eigenvalue weighted by Crippen LogP contribution is -2.38. The predicted octanol–water partition coefficient (Wildman–Crippen LogP) is 10.3. The summed E-state index contributed by atoms with van der Waals surface area (Å²) in [6, 6.07) is 39.0. The molecule has 0 saturated carbocycles. The van der Waals surface area contributed by atoms with E-state index in [1.54, 1.807) is 0 Å². The van der Waals surface area contributed by atoms with Crippen LogP contribution in [0.15, 0.2) is 145 Å². The number of rotatable bonds is 13. The van der Waals surface area contributed by atoms with Gasteiger partial charge in [0.05, 0.1) is 11.4 Å². The second-order valence-corrected chi connectivity index (χ2v) is 16.1. The maximum atomic E-state index is 11.5. The summed E-state index contributed by atoms with van der Waals surface area (Å²) in [6.45, 7) is 4.75. The van der Waals surface area contributed by atoms with Crippen LogP contribution in [-0.4, -0.2) is 31.8 Å². The van der Waals surface area contributed by atoms with E-state index in [0.29, 0.717) is 19.4 Å². The standard InChI is InChI=1S/C48H47N3O3S/c1-2-3-12-32-49-39(25-23-36-15-4-9-20-45(36)49)27-29-43-41-18-7-8-19-42(41)44(48(43)51-34-31-38-17-6-11-22-47(38)51)30-28-40-26-24-37-16-5-10-21-46(37)50(40)33-13-14-35-55(52,53)54/h4-11,15-30H,2-3,12-14,31-35H2,1H3/p+1. The molecule has 2 aliphatic heterocycles. The molecule has 4 aromatic carbocycles. The van der Waals surface area contributed by atoms with Gasteiger partial charge in [-0.15, -0.1) is 0 Å². The highest BCUT2D eigenvalue weighted by atomic mass is 32.2. The van der Waals surface area contributed by atoms with Crippen molar-refractivity contribution in [2.45, 2.75) is 52.0 Å². The van der Waals surface area contributed by atoms with Gasteiger partial charge in [0.2, 0.25) is 11.2 Å². The summed E-state index contributed by atoms with van der Waals surface area (Å²) < 4.78 is 34.8. The van der Waals surface area contributed by atoms with Crippen LogP contribution in [0.5, 0.6) is 0 Å². The topological polar surface area (TPSA) is 64.7 Å². The van der Waals surface area contributed by atoms with Crippen molar-refractivity contribution in [2.75, 3.05) is 28.6 Å². The Hall–Kier alpha value is -5.50. The molecule has 0 bridgehead atoms. The Morgan fingerprint density at radius 2 is 1.51 bits per heavy atom. The molecule has 6 nitrogen and oxygen atoms in total. The monoisotopic (exact) mass is 746 g/mol. The van der Waals surface area contributed by atoms with E-state index in [1.165, 1.54) is 68.7 Å². The van der Waals surface area contributed by atoms with E-state index in [-0.39, 0.29) is 5.75 Å². The van der Waals surface area contributed by atoms with Crippen LogP contribution in [0.2, 0.25) is 0 Å². The second kappa shape index (κ2) is 16.1. The fourth-order valence-corrected chi connectivity index (χ4v) is 8.88. The van der Waals surface area contributed by atoms with Crippen molar-refractivity contribution in [2.24, 2.45) is 0 Å². The van der Waals surface area contributed by atoms with Crippen molar-refractivity contribution in [3.8, 4) is 0 Å². The lowest BCUT2D eigenvalue weighted by atomic mass is 10.0. The number of hydrogen-bond acceptors (Lipinski definition) is 4. The lowest BCUT2D eigenvalue weighted by molar-refractivity contribution is -0.673. The minimum absolute atomic E-state index is 0.238. The van der Waals surface area contributed by atoms with E-state index in [9.17, 15) is 13.0 Å². The van der Waals surface area contributed by atoms with Crippen LogP contribution in [0.3, 0.4) is 0 Å². The van der Waals surface area contributed by atoms with E-state index in [4.69, 9.17) is 0 Å². The van der Waals surface area contributed by atoms with E-state index in [0.717, 1.165) is 42.9 Å². The largest absolute Gasteiger partial charge is 0.341 e. The molecule has 1 aliphatic carbocycles. The number of aromatic nitrogens is 1. The van der Waals surface area contributed by atoms with Crippen LogP contribution in [0.25, 0.3) is 34.2 Å². The Kier molecular flexibility index (Phi) is 10.7. The van der Waals surface area contributed by atoms with Gasteiger partial charge in [0, 0.05) is 71.3 Å². The number of anilines is 2. The highest BCUT2D eigenvalue weighted by Crippen LogP contribution is 2.47. The molecule has 0 radical (unpaired) electrons. The predicted molar refractivity (Wildman–Crippen MR) is 228 cm³/mol. The summed E-state index contributed by atoms with van der Waals surface area (Å²) in [7, 11) is -4.01. The SMILES string of the molecule is CCCCC[n+]1c(/C=C/C2=C(N3CCc4ccccc43)C(=C/C=C3\C=Cc4ccccc4N3CCCCS(=O)(=O)O)/c3ccccc32)ccc2ccccc21. The molecule has 0 unspecified atom stereocenters. The summed E-state index contributed by atoms with van der Waals surface area (Å²) in [4.78, 5) is 4.78. The molecule has 5 aromatic rings. The molecule has 1 aromatic heterocycles. The molecule has 0 atom stereocenters. The molecule has 278 valence electrons. The van der Waals surface area contributed by atoms with Gasteiger partial charge >= 0.3 is 0 Å². The highest BCUT2D eigenvalue weighted by molar-refractivity contribution is 7.85. The van der Waals surface area contributed by atoms with E-state index < -0.39 is 10.1 Å². The normalized spacial score (nSPS) is 16.5. The maximum absolute atomic E-state index is 11.5. The Labute approximate surface area is 325 Å². The maximum Gasteiger partial charge on any atom is 0.264 e. The number of unbranched alkanes of at least 4 members (excludes halogenated alkanes) is 3. The van der Waals surface area contributed by atoms with Crippen LogP contribution >= 0.6 is 0 Å². The van der Waals surface area contributed by atoms with Crippen LogP contribution in [0.4, 0.5) is 11.4 Å². The van der Waals surface area contributed by atoms with E-state index >= 15 is 0 Å². The first-order chi connectivity index (χ1) is 26.9. The fourth-order valence-electron chi connectivity index (χ4n) is 8.31. The fraction of sp³-hybridized carbons (Fsp3) is 0.229. The van der Waals surface area contributed by atoms with Gasteiger partial charge < -0.3 is 9.80 Å². The van der Waals surface area contributed by atoms with Crippen LogP contribution in [0.1, 0.15) is 67.0 Å². The van der Waals surface area contributed by atoms with Crippen LogP contribution < -0.4 is 14.4 Å². The third kappa shape index (κ3) is 7.73. The first-order valence-corrected chi connectivity index (χ1v) is 21.2. The van der Waals surface area contributed by atoms with Gasteiger partial charge in [0.25, 0.3) is 10.1 Å². The molecule has 0 fully saturated rings. The Balaban J connectivity index is 1.25. The van der Waals surface area contributed by atoms with E-state index in [1.807, 2.05) is 12.1 Å². The molecule has 7 heteroatoms. The molecule has 0 spiro atoms. The van der Waals surface area contributed by atoms with Crippen molar-refractivity contribution in [1.82, 2.24) is 0 Å². The van der Waals surface area contributed by atoms with Gasteiger partial charge in [-0.05, 0) is 90.4 Å². The van der Waals surface area contributed by atoms with Gasteiger partial charge in [0.1, 0.15) is 6.54 Å². The van der Waals surface area contributed by atoms with Crippen molar-refractivity contribution < 1.29 is 17.5 Å². The highest BCUT2D eigenvalue weighted by Gasteiger charge is 2.32. The lowest BCUT2D eigenvalue weighted by Gasteiger charge is -2.30. The molecule has 55 heavy (non-hydrogen) atoms. The third-order valence-electron chi connectivity index (χ3n) is 11.0. The number of hydrogen-bond donors (Lipinski definition) is 1. The zero-order valence-corrected chi connectivity index (χ0v) is 32.3. The molecule has 8 rings (SSSR count). The second-order valence-electron chi connectivity index (χ2n) is 14.6. The zero-order valence-electron chi connectivity index (χ0n) is 31.4. The summed E-state index contributed by atoms with van der Waals surface area (Å²) in [6.07, 6.45) is 18.9. The number of para-hydroxylation sites is 3. The summed E-state index contributed by atoms with van der Waals surface area (Å²) in [5.74, 6) is -0.238. The van der Waals surface area contributed by atoms with Crippen molar-refractivity contribution >= 4 is 55.7 Å². The number of fused-ring (bicyclic) bond motifs is 4. The number of allylic oxidation sites excluding steroid dienone is 6. The number of pyridine rings is 1. The molecule has 0 amide bonds. The van der Waals surface area contributed by atoms with Gasteiger partial charge in [-0.3, -0.25) is 4.55 Å². The van der Waals surface area contributed by atoms with Gasteiger partial charge in [-0.2, -0.15) is 13.0 Å². The van der Waals surface area contributed by atoms with Crippen LogP contribution in [0, 0.1) is 0 Å². The first-order valence-electron chi connectivity index (χ1n) is 19.6. The molecular weight excluding hydrogens is 699 g/mol. The number of aryl methyl sites for hydroxylation is 1. The third-order valence-corrected chi connectivity index (χ3v) is 11.8. The van der Waals surface area contributed by atoms with Crippen molar-refractivity contribution in [3.63, 3.8) is 0 Å². The Morgan fingerprint density at radius 1 is 0.745 bits per heavy atom. The average molecular weight is 747 g/mol. The molecule has 3 heterocycles. The average Bonchev–Trinajstić information content (AvgIpc) is 3.76. The molecular formula is C48H48N3O3S+. The van der Waals surface area contributed by atoms with E-state index in [2.05, 4.69) is 155 Å². The number of nitrogens with zero attached hydrogens (tertiary/aromatic N) is 3. The van der Waals surface area contributed by atoms with Gasteiger partial charge in [-0.1, -0.05) is 98.3 Å². The zero-order chi connectivity index (χ0) is 37.8. The summed E-state index contributed by atoms with van der Waals surface area (Å²) in [5, 5.41) is 1.25. The quantitative estimate of drug-likeness (QED) is 0.0738. The molecule has 1 N–H and O–H groups in total. The van der Waals surface area contributed by atoms with Crippen molar-refractivity contribution in [1.29, 1.82) is 0 Å². The minimum Gasteiger partial charge on any atom is -0.341 e. The smallest absolute Gasteiger partial charge is 0.264 e. The Bertz CT molecular complexity index is 2510. The van der Waals surface area contributed by atoms with Gasteiger partial charge in [-0.25, -0.2) is 0 Å². The minimum atomic E-state index is -4.01. The molecule has 0 saturated heterocycles. The Morgan fingerprint density at radius 3 is 2.36 bits per heavy atom. The van der Waals surface area contributed by atoms with Gasteiger partial charge in [0.15, 0.2) is 0 Å². The number of benzene rings is 4. The van der Waals surface area contributed by atoms with Crippen LogP contribution in [-0.2, 0) is 23.1 Å². The summed E-state index contributed by atoms with van der Waals surface area (Å²) in [5.41, 5.74) is 14.3. The summed E-state index contributed by atoms with van der Waals surface area (Å²) >= 11 is 0. The molecule has 3 aliphatic rings. The first kappa shape index (κ1) is 36.5.